The fourth-order valence-electron chi connectivity index (χ4n) is 2.93. The lowest BCUT2D eigenvalue weighted by atomic mass is 10.2. The Bertz CT molecular complexity index is 655. The number of hydrogen-bond acceptors (Lipinski definition) is 4. The van der Waals surface area contributed by atoms with Gasteiger partial charge in [0.1, 0.15) is 5.82 Å². The summed E-state index contributed by atoms with van der Waals surface area (Å²) in [6.45, 7) is 5.63. The molecule has 25 heavy (non-hydrogen) atoms. The molecule has 2 aromatic rings. The van der Waals surface area contributed by atoms with Gasteiger partial charge in [-0.25, -0.2) is 4.39 Å². The molecule has 134 valence electrons. The Balaban J connectivity index is 1.61. The molecular weight excluding hydrogens is 339 g/mol. The van der Waals surface area contributed by atoms with Crippen LogP contribution in [-0.4, -0.2) is 55.1 Å². The van der Waals surface area contributed by atoms with E-state index in [0.717, 1.165) is 49.7 Å². The third-order valence-electron chi connectivity index (χ3n) is 4.31. The van der Waals surface area contributed by atoms with E-state index in [1.54, 1.807) is 12.1 Å². The first kappa shape index (κ1) is 18.0. The minimum Gasteiger partial charge on any atom is -0.379 e. The summed E-state index contributed by atoms with van der Waals surface area (Å²) in [7, 11) is 0. The largest absolute Gasteiger partial charge is 0.379 e. The summed E-state index contributed by atoms with van der Waals surface area (Å²) in [5.41, 5.74) is 0.942. The van der Waals surface area contributed by atoms with E-state index in [2.05, 4.69) is 4.90 Å². The molecule has 0 aliphatic carbocycles. The zero-order chi connectivity index (χ0) is 17.5. The molecule has 1 aliphatic rings. The van der Waals surface area contributed by atoms with Crippen molar-refractivity contribution >= 4 is 17.2 Å². The summed E-state index contributed by atoms with van der Waals surface area (Å²) < 4.78 is 18.5. The van der Waals surface area contributed by atoms with Crippen LogP contribution in [0.4, 0.5) is 4.39 Å². The van der Waals surface area contributed by atoms with Crippen molar-refractivity contribution in [3.63, 3.8) is 0 Å². The monoisotopic (exact) mass is 362 g/mol. The predicted octanol–water partition coefficient (Wildman–Crippen LogP) is 3.25. The van der Waals surface area contributed by atoms with Crippen LogP contribution in [-0.2, 0) is 11.3 Å². The number of hydrogen-bond donors (Lipinski definition) is 0. The second-order valence-electron chi connectivity index (χ2n) is 6.14. The zero-order valence-electron chi connectivity index (χ0n) is 14.2. The van der Waals surface area contributed by atoms with Gasteiger partial charge in [0.25, 0.3) is 5.91 Å². The third-order valence-corrected chi connectivity index (χ3v) is 5.17. The summed E-state index contributed by atoms with van der Waals surface area (Å²) >= 11 is 1.46. The van der Waals surface area contributed by atoms with E-state index in [1.165, 1.54) is 23.5 Å². The molecule has 1 saturated heterocycles. The second-order valence-corrected chi connectivity index (χ2v) is 7.09. The average molecular weight is 362 g/mol. The highest BCUT2D eigenvalue weighted by Crippen LogP contribution is 2.16. The van der Waals surface area contributed by atoms with Gasteiger partial charge in [0.2, 0.25) is 0 Å². The van der Waals surface area contributed by atoms with Crippen LogP contribution in [0.1, 0.15) is 21.7 Å². The fourth-order valence-corrected chi connectivity index (χ4v) is 3.62. The van der Waals surface area contributed by atoms with E-state index in [4.69, 9.17) is 4.74 Å². The highest BCUT2D eigenvalue weighted by atomic mass is 32.1. The SMILES string of the molecule is O=C(c1cccs1)N(CCCN1CCOCC1)Cc1ccc(F)cc1. The molecule has 1 fully saturated rings. The summed E-state index contributed by atoms with van der Waals surface area (Å²) in [6.07, 6.45) is 0.915. The molecule has 0 bridgehead atoms. The van der Waals surface area contributed by atoms with Crippen LogP contribution in [0.3, 0.4) is 0 Å². The van der Waals surface area contributed by atoms with Crippen molar-refractivity contribution in [2.24, 2.45) is 0 Å². The molecule has 0 N–H and O–H groups in total. The van der Waals surface area contributed by atoms with Gasteiger partial charge in [0, 0.05) is 32.7 Å². The number of amides is 1. The van der Waals surface area contributed by atoms with Crippen molar-refractivity contribution in [1.29, 1.82) is 0 Å². The van der Waals surface area contributed by atoms with Crippen molar-refractivity contribution in [3.05, 3.63) is 58.0 Å². The first-order valence-corrected chi connectivity index (χ1v) is 9.47. The first-order chi connectivity index (χ1) is 12.2. The zero-order valence-corrected chi connectivity index (χ0v) is 15.0. The van der Waals surface area contributed by atoms with Crippen molar-refractivity contribution in [3.8, 4) is 0 Å². The predicted molar refractivity (Wildman–Crippen MR) is 97.3 cm³/mol. The van der Waals surface area contributed by atoms with Crippen molar-refractivity contribution < 1.29 is 13.9 Å². The molecule has 1 aliphatic heterocycles. The van der Waals surface area contributed by atoms with E-state index >= 15 is 0 Å². The number of morpholine rings is 1. The highest BCUT2D eigenvalue weighted by molar-refractivity contribution is 7.12. The lowest BCUT2D eigenvalue weighted by molar-refractivity contribution is 0.0356. The van der Waals surface area contributed by atoms with Gasteiger partial charge in [0.05, 0.1) is 18.1 Å². The molecule has 0 saturated carbocycles. The van der Waals surface area contributed by atoms with Gasteiger partial charge in [-0.2, -0.15) is 0 Å². The molecule has 4 nitrogen and oxygen atoms in total. The van der Waals surface area contributed by atoms with Crippen LogP contribution < -0.4 is 0 Å². The molecule has 0 radical (unpaired) electrons. The van der Waals surface area contributed by atoms with E-state index in [-0.39, 0.29) is 11.7 Å². The van der Waals surface area contributed by atoms with Gasteiger partial charge >= 0.3 is 0 Å². The Labute approximate surface area is 151 Å². The number of rotatable bonds is 7. The molecule has 2 heterocycles. The van der Waals surface area contributed by atoms with E-state index in [0.29, 0.717) is 13.1 Å². The Morgan fingerprint density at radius 2 is 1.96 bits per heavy atom. The highest BCUT2D eigenvalue weighted by Gasteiger charge is 2.18. The maximum Gasteiger partial charge on any atom is 0.264 e. The summed E-state index contributed by atoms with van der Waals surface area (Å²) in [5.74, 6) is -0.214. The Morgan fingerprint density at radius 1 is 1.20 bits per heavy atom. The molecule has 3 rings (SSSR count). The van der Waals surface area contributed by atoms with Gasteiger partial charge in [-0.3, -0.25) is 9.69 Å². The smallest absolute Gasteiger partial charge is 0.264 e. The molecule has 0 atom stereocenters. The van der Waals surface area contributed by atoms with Crippen LogP contribution in [0, 0.1) is 5.82 Å². The molecule has 0 unspecified atom stereocenters. The van der Waals surface area contributed by atoms with Crippen molar-refractivity contribution in [2.75, 3.05) is 39.4 Å². The number of carbonyl (C=O) groups is 1. The minimum atomic E-state index is -0.257. The van der Waals surface area contributed by atoms with Gasteiger partial charge < -0.3 is 9.64 Å². The second kappa shape index (κ2) is 9.08. The van der Waals surface area contributed by atoms with Gasteiger partial charge in [-0.05, 0) is 35.6 Å². The van der Waals surface area contributed by atoms with Crippen LogP contribution in [0.5, 0.6) is 0 Å². The van der Waals surface area contributed by atoms with Gasteiger partial charge in [-0.1, -0.05) is 18.2 Å². The van der Waals surface area contributed by atoms with Gasteiger partial charge in [-0.15, -0.1) is 11.3 Å². The number of benzene rings is 1. The summed E-state index contributed by atoms with van der Waals surface area (Å²) in [5, 5.41) is 1.91. The maximum absolute atomic E-state index is 13.1. The normalized spacial score (nSPS) is 15.2. The lowest BCUT2D eigenvalue weighted by Gasteiger charge is -2.28. The third kappa shape index (κ3) is 5.36. The minimum absolute atomic E-state index is 0.0429. The molecule has 1 aromatic heterocycles. The van der Waals surface area contributed by atoms with E-state index in [9.17, 15) is 9.18 Å². The first-order valence-electron chi connectivity index (χ1n) is 8.60. The molecule has 1 amide bonds. The van der Waals surface area contributed by atoms with Gasteiger partial charge in [0.15, 0.2) is 0 Å². The van der Waals surface area contributed by atoms with E-state index < -0.39 is 0 Å². The summed E-state index contributed by atoms with van der Waals surface area (Å²) in [4.78, 5) is 17.8. The van der Waals surface area contributed by atoms with Crippen LogP contribution in [0.15, 0.2) is 41.8 Å². The summed E-state index contributed by atoms with van der Waals surface area (Å²) in [6, 6.07) is 10.1. The Hall–Kier alpha value is -1.76. The Kier molecular flexibility index (Phi) is 6.55. The average Bonchev–Trinajstić information content (AvgIpc) is 3.17. The van der Waals surface area contributed by atoms with Crippen LogP contribution >= 0.6 is 11.3 Å². The standard InChI is InChI=1S/C19H23FN2O2S/c20-17-6-4-16(5-7-17)15-22(19(23)18-3-1-14-25-18)9-2-8-21-10-12-24-13-11-21/h1,3-7,14H,2,8-13,15H2. The van der Waals surface area contributed by atoms with Crippen LogP contribution in [0.25, 0.3) is 0 Å². The molecule has 1 aromatic carbocycles. The number of carbonyl (C=O) groups excluding carboxylic acids is 1. The molecular formula is C19H23FN2O2S. The number of nitrogens with zero attached hydrogens (tertiary/aromatic N) is 2. The van der Waals surface area contributed by atoms with Crippen molar-refractivity contribution in [2.45, 2.75) is 13.0 Å². The number of thiophene rings is 1. The van der Waals surface area contributed by atoms with Crippen LogP contribution in [0.2, 0.25) is 0 Å². The van der Waals surface area contributed by atoms with Crippen molar-refractivity contribution in [1.82, 2.24) is 9.80 Å². The Morgan fingerprint density at radius 3 is 2.64 bits per heavy atom. The topological polar surface area (TPSA) is 32.8 Å². The number of halogens is 1. The maximum atomic E-state index is 13.1. The fraction of sp³-hybridized carbons (Fsp3) is 0.421. The lowest BCUT2D eigenvalue weighted by Crippen LogP contribution is -2.39. The van der Waals surface area contributed by atoms with E-state index in [1.807, 2.05) is 22.4 Å². The number of ether oxygens (including phenoxy) is 1. The molecule has 0 spiro atoms. The quantitative estimate of drug-likeness (QED) is 0.758. The molecule has 6 heteroatoms.